The fourth-order valence-corrected chi connectivity index (χ4v) is 3.14. The predicted octanol–water partition coefficient (Wildman–Crippen LogP) is 4.40. The van der Waals surface area contributed by atoms with Gasteiger partial charge in [-0.1, -0.05) is 23.6 Å². The molecule has 1 heterocycles. The summed E-state index contributed by atoms with van der Waals surface area (Å²) in [6, 6.07) is 3.78. The van der Waals surface area contributed by atoms with Gasteiger partial charge < -0.3 is 0 Å². The van der Waals surface area contributed by atoms with Gasteiger partial charge in [0.05, 0.1) is 4.34 Å². The minimum absolute atomic E-state index is 0.218. The zero-order valence-corrected chi connectivity index (χ0v) is 10.7. The lowest BCUT2D eigenvalue weighted by atomic mass is 9.94. The molecule has 0 aromatic carbocycles. The van der Waals surface area contributed by atoms with Gasteiger partial charge in [-0.2, -0.15) is 0 Å². The van der Waals surface area contributed by atoms with Crippen molar-refractivity contribution >= 4 is 28.7 Å². The van der Waals surface area contributed by atoms with Crippen molar-refractivity contribution in [2.45, 2.75) is 38.5 Å². The van der Waals surface area contributed by atoms with Crippen LogP contribution in [0.1, 0.15) is 37.0 Å². The molecule has 0 aliphatic heterocycles. The fourth-order valence-electron chi connectivity index (χ4n) is 2.05. The molecule has 0 bridgehead atoms. The summed E-state index contributed by atoms with van der Waals surface area (Å²) < 4.78 is 0.758. The van der Waals surface area contributed by atoms with Crippen LogP contribution in [0.4, 0.5) is 0 Å². The zero-order chi connectivity index (χ0) is 11.4. The average Bonchev–Trinajstić information content (AvgIpc) is 2.65. The van der Waals surface area contributed by atoms with Gasteiger partial charge in [0.2, 0.25) is 0 Å². The number of carbonyl (C=O) groups is 1. The lowest BCUT2D eigenvalue weighted by molar-refractivity contribution is -0.114. The molecule has 1 fully saturated rings. The maximum Gasteiger partial charge on any atom is 0.160 e. The SMILES string of the molecule is O=C(C=C1CCCCC1)Cc1ccc(Cl)s1. The van der Waals surface area contributed by atoms with E-state index in [0.29, 0.717) is 6.42 Å². The van der Waals surface area contributed by atoms with Crippen molar-refractivity contribution < 1.29 is 4.79 Å². The first-order chi connectivity index (χ1) is 7.74. The van der Waals surface area contributed by atoms with Crippen LogP contribution < -0.4 is 0 Å². The number of hydrogen-bond acceptors (Lipinski definition) is 2. The molecule has 0 N–H and O–H groups in total. The summed E-state index contributed by atoms with van der Waals surface area (Å²) in [5.41, 5.74) is 1.33. The second-order valence-electron chi connectivity index (χ2n) is 4.21. The van der Waals surface area contributed by atoms with E-state index in [4.69, 9.17) is 11.6 Å². The van der Waals surface area contributed by atoms with Gasteiger partial charge in [-0.3, -0.25) is 4.79 Å². The first kappa shape index (κ1) is 11.9. The van der Waals surface area contributed by atoms with E-state index >= 15 is 0 Å². The van der Waals surface area contributed by atoms with E-state index in [1.165, 1.54) is 36.2 Å². The summed E-state index contributed by atoms with van der Waals surface area (Å²) in [5, 5.41) is 0. The average molecular weight is 255 g/mol. The molecule has 16 heavy (non-hydrogen) atoms. The van der Waals surface area contributed by atoms with Crippen LogP contribution in [-0.2, 0) is 11.2 Å². The Balaban J connectivity index is 1.92. The van der Waals surface area contributed by atoms with Crippen LogP contribution in [-0.4, -0.2) is 5.78 Å². The Morgan fingerprint density at radius 2 is 2.06 bits per heavy atom. The maximum atomic E-state index is 11.8. The van der Waals surface area contributed by atoms with Gasteiger partial charge in [0.1, 0.15) is 0 Å². The second kappa shape index (κ2) is 5.65. The van der Waals surface area contributed by atoms with E-state index in [-0.39, 0.29) is 5.78 Å². The number of carbonyl (C=O) groups excluding carboxylic acids is 1. The van der Waals surface area contributed by atoms with E-state index in [1.807, 2.05) is 18.2 Å². The van der Waals surface area contributed by atoms with Crippen molar-refractivity contribution in [3.8, 4) is 0 Å². The highest BCUT2D eigenvalue weighted by atomic mass is 35.5. The Kier molecular flexibility index (Phi) is 4.19. The molecule has 0 saturated heterocycles. The lowest BCUT2D eigenvalue weighted by Gasteiger charge is -2.12. The molecule has 1 aliphatic carbocycles. The van der Waals surface area contributed by atoms with Crippen LogP contribution in [0.25, 0.3) is 0 Å². The van der Waals surface area contributed by atoms with E-state index in [9.17, 15) is 4.79 Å². The predicted molar refractivity (Wildman–Crippen MR) is 69.2 cm³/mol. The third kappa shape index (κ3) is 3.46. The fraction of sp³-hybridized carbons (Fsp3) is 0.462. The van der Waals surface area contributed by atoms with Gasteiger partial charge in [0, 0.05) is 11.3 Å². The molecule has 3 heteroatoms. The summed E-state index contributed by atoms with van der Waals surface area (Å²) in [7, 11) is 0. The van der Waals surface area contributed by atoms with Crippen molar-refractivity contribution in [2.24, 2.45) is 0 Å². The topological polar surface area (TPSA) is 17.1 Å². The highest BCUT2D eigenvalue weighted by Gasteiger charge is 2.08. The Hall–Kier alpha value is -0.600. The molecule has 86 valence electrons. The summed E-state index contributed by atoms with van der Waals surface area (Å²) in [6.45, 7) is 0. The maximum absolute atomic E-state index is 11.8. The van der Waals surface area contributed by atoms with Gasteiger partial charge in [-0.15, -0.1) is 11.3 Å². The normalized spacial score (nSPS) is 16.2. The van der Waals surface area contributed by atoms with Crippen molar-refractivity contribution in [2.75, 3.05) is 0 Å². The minimum atomic E-state index is 0.218. The molecule has 2 rings (SSSR count). The zero-order valence-electron chi connectivity index (χ0n) is 9.17. The number of hydrogen-bond donors (Lipinski definition) is 0. The van der Waals surface area contributed by atoms with Gasteiger partial charge in [0.15, 0.2) is 5.78 Å². The monoisotopic (exact) mass is 254 g/mol. The summed E-state index contributed by atoms with van der Waals surface area (Å²) in [4.78, 5) is 12.8. The molecule has 1 saturated carbocycles. The van der Waals surface area contributed by atoms with Crippen LogP contribution in [0.2, 0.25) is 4.34 Å². The molecule has 0 spiro atoms. The molecule has 1 aromatic heterocycles. The molecule has 1 aromatic rings. The van der Waals surface area contributed by atoms with Crippen LogP contribution in [0.3, 0.4) is 0 Å². The largest absolute Gasteiger partial charge is 0.294 e. The first-order valence-corrected chi connectivity index (χ1v) is 6.90. The molecule has 0 amide bonds. The van der Waals surface area contributed by atoms with Crippen LogP contribution in [0, 0.1) is 0 Å². The third-order valence-electron chi connectivity index (χ3n) is 2.84. The Bertz CT molecular complexity index is 398. The molecular weight excluding hydrogens is 240 g/mol. The third-order valence-corrected chi connectivity index (χ3v) is 4.07. The standard InChI is InChI=1S/C13H15ClOS/c14-13-7-6-12(16-13)9-11(15)8-10-4-2-1-3-5-10/h6-8H,1-5,9H2. The van der Waals surface area contributed by atoms with E-state index < -0.39 is 0 Å². The van der Waals surface area contributed by atoms with Crippen LogP contribution in [0.15, 0.2) is 23.8 Å². The van der Waals surface area contributed by atoms with Gasteiger partial charge in [-0.05, 0) is 43.9 Å². The number of halogens is 1. The highest BCUT2D eigenvalue weighted by Crippen LogP contribution is 2.24. The molecule has 0 radical (unpaired) electrons. The summed E-state index contributed by atoms with van der Waals surface area (Å²) in [5.74, 6) is 0.218. The molecule has 1 nitrogen and oxygen atoms in total. The van der Waals surface area contributed by atoms with Crippen LogP contribution in [0.5, 0.6) is 0 Å². The molecule has 0 unspecified atom stereocenters. The molecule has 0 atom stereocenters. The van der Waals surface area contributed by atoms with Gasteiger partial charge in [-0.25, -0.2) is 0 Å². The van der Waals surface area contributed by atoms with E-state index in [0.717, 1.165) is 22.1 Å². The van der Waals surface area contributed by atoms with E-state index in [2.05, 4.69) is 0 Å². The van der Waals surface area contributed by atoms with Crippen molar-refractivity contribution in [3.63, 3.8) is 0 Å². The number of ketones is 1. The Morgan fingerprint density at radius 3 is 2.69 bits per heavy atom. The Labute approximate surface area is 105 Å². The van der Waals surface area contributed by atoms with Gasteiger partial charge >= 0.3 is 0 Å². The quantitative estimate of drug-likeness (QED) is 0.731. The number of thiophene rings is 1. The Morgan fingerprint density at radius 1 is 1.31 bits per heavy atom. The van der Waals surface area contributed by atoms with Crippen molar-refractivity contribution in [1.82, 2.24) is 0 Å². The lowest BCUT2D eigenvalue weighted by Crippen LogP contribution is -2.01. The number of rotatable bonds is 3. The van der Waals surface area contributed by atoms with Gasteiger partial charge in [0.25, 0.3) is 0 Å². The summed E-state index contributed by atoms with van der Waals surface area (Å²) in [6.07, 6.45) is 8.36. The second-order valence-corrected chi connectivity index (χ2v) is 6.01. The summed E-state index contributed by atoms with van der Waals surface area (Å²) >= 11 is 7.32. The first-order valence-electron chi connectivity index (χ1n) is 5.70. The van der Waals surface area contributed by atoms with Crippen molar-refractivity contribution in [1.29, 1.82) is 0 Å². The molecular formula is C13H15ClOS. The number of allylic oxidation sites excluding steroid dienone is 2. The smallest absolute Gasteiger partial charge is 0.160 e. The van der Waals surface area contributed by atoms with E-state index in [1.54, 1.807) is 0 Å². The highest BCUT2D eigenvalue weighted by molar-refractivity contribution is 7.16. The minimum Gasteiger partial charge on any atom is -0.294 e. The molecule has 1 aliphatic rings. The van der Waals surface area contributed by atoms with Crippen molar-refractivity contribution in [3.05, 3.63) is 33.0 Å². The van der Waals surface area contributed by atoms with Crippen LogP contribution >= 0.6 is 22.9 Å².